The summed E-state index contributed by atoms with van der Waals surface area (Å²) >= 11 is 0. The average molecular weight is 308 g/mol. The number of hydrogen-bond donors (Lipinski definition) is 2. The van der Waals surface area contributed by atoms with Gasteiger partial charge in [0.05, 0.1) is 4.90 Å². The lowest BCUT2D eigenvalue weighted by atomic mass is 10.3. The van der Waals surface area contributed by atoms with E-state index in [-0.39, 0.29) is 4.90 Å². The van der Waals surface area contributed by atoms with Crippen molar-refractivity contribution in [1.29, 1.82) is 0 Å². The number of benzene rings is 2. The van der Waals surface area contributed by atoms with Crippen molar-refractivity contribution < 1.29 is 12.8 Å². The van der Waals surface area contributed by atoms with Crippen LogP contribution in [0.2, 0.25) is 0 Å². The Labute approximate surface area is 124 Å². The predicted molar refractivity (Wildman–Crippen MR) is 82.4 cm³/mol. The molecule has 0 aliphatic heterocycles. The fourth-order valence-electron chi connectivity index (χ4n) is 1.75. The van der Waals surface area contributed by atoms with Gasteiger partial charge in [0.2, 0.25) is 0 Å². The van der Waals surface area contributed by atoms with E-state index in [0.29, 0.717) is 5.69 Å². The van der Waals surface area contributed by atoms with Crippen LogP contribution in [0.5, 0.6) is 0 Å². The van der Waals surface area contributed by atoms with Crippen LogP contribution in [0.3, 0.4) is 0 Å². The van der Waals surface area contributed by atoms with Crippen molar-refractivity contribution in [3.63, 3.8) is 0 Å². The van der Waals surface area contributed by atoms with Gasteiger partial charge in [-0.15, -0.1) is 0 Å². The van der Waals surface area contributed by atoms with Crippen LogP contribution in [-0.2, 0) is 10.0 Å². The second-order valence-corrected chi connectivity index (χ2v) is 6.25. The van der Waals surface area contributed by atoms with Gasteiger partial charge in [-0.2, -0.15) is 0 Å². The fourth-order valence-corrected chi connectivity index (χ4v) is 2.81. The highest BCUT2D eigenvalue weighted by Gasteiger charge is 2.13. The molecule has 2 N–H and O–H groups in total. The third-order valence-electron chi connectivity index (χ3n) is 2.84. The summed E-state index contributed by atoms with van der Waals surface area (Å²) < 4.78 is 39.6. The van der Waals surface area contributed by atoms with Crippen molar-refractivity contribution in [2.45, 2.75) is 18.2 Å². The number of sulfonamides is 1. The van der Waals surface area contributed by atoms with Gasteiger partial charge >= 0.3 is 0 Å². The Hall–Kier alpha value is -2.08. The molecule has 0 heterocycles. The third-order valence-corrected chi connectivity index (χ3v) is 4.24. The maximum absolute atomic E-state index is 12.8. The van der Waals surface area contributed by atoms with Crippen LogP contribution in [0, 0.1) is 5.82 Å². The molecule has 112 valence electrons. The molecule has 0 spiro atoms. The summed E-state index contributed by atoms with van der Waals surface area (Å²) in [7, 11) is -3.66. The Kier molecular flexibility index (Phi) is 4.80. The van der Waals surface area contributed by atoms with Crippen LogP contribution in [0.4, 0.5) is 15.8 Å². The summed E-state index contributed by atoms with van der Waals surface area (Å²) in [5.74, 6) is -0.413. The summed E-state index contributed by atoms with van der Waals surface area (Å²) in [6, 6.07) is 11.7. The van der Waals surface area contributed by atoms with Crippen LogP contribution in [0.25, 0.3) is 0 Å². The molecule has 0 saturated carbocycles. The van der Waals surface area contributed by atoms with E-state index in [0.717, 1.165) is 18.7 Å². The Balaban J connectivity index is 2.13. The smallest absolute Gasteiger partial charge is 0.261 e. The summed E-state index contributed by atoms with van der Waals surface area (Å²) in [4.78, 5) is 0.161. The van der Waals surface area contributed by atoms with E-state index in [2.05, 4.69) is 17.0 Å². The van der Waals surface area contributed by atoms with Gasteiger partial charge in [-0.3, -0.25) is 4.72 Å². The van der Waals surface area contributed by atoms with E-state index in [4.69, 9.17) is 0 Å². The minimum absolute atomic E-state index is 0.161. The van der Waals surface area contributed by atoms with E-state index < -0.39 is 15.8 Å². The van der Waals surface area contributed by atoms with Crippen LogP contribution < -0.4 is 10.0 Å². The van der Waals surface area contributed by atoms with Crippen LogP contribution in [0.1, 0.15) is 13.3 Å². The summed E-state index contributed by atoms with van der Waals surface area (Å²) in [5, 5.41) is 3.17. The molecule has 21 heavy (non-hydrogen) atoms. The zero-order valence-electron chi connectivity index (χ0n) is 11.6. The molecule has 2 aromatic carbocycles. The lowest BCUT2D eigenvalue weighted by molar-refractivity contribution is 0.601. The first-order valence-corrected chi connectivity index (χ1v) is 8.12. The molecule has 6 heteroatoms. The van der Waals surface area contributed by atoms with Crippen molar-refractivity contribution in [2.75, 3.05) is 16.6 Å². The molecule has 0 saturated heterocycles. The molecule has 0 aliphatic rings. The molecule has 0 unspecified atom stereocenters. The first-order valence-electron chi connectivity index (χ1n) is 6.63. The quantitative estimate of drug-likeness (QED) is 0.859. The molecular weight excluding hydrogens is 291 g/mol. The minimum Gasteiger partial charge on any atom is -0.385 e. The molecule has 0 aliphatic carbocycles. The lowest BCUT2D eigenvalue weighted by Gasteiger charge is -2.09. The number of halogens is 1. The lowest BCUT2D eigenvalue weighted by Crippen LogP contribution is -2.13. The van der Waals surface area contributed by atoms with E-state index >= 15 is 0 Å². The predicted octanol–water partition coefficient (Wildman–Crippen LogP) is 3.45. The molecule has 0 bridgehead atoms. The first-order chi connectivity index (χ1) is 10.0. The summed E-state index contributed by atoms with van der Waals surface area (Å²) in [6.07, 6.45) is 0.992. The molecule has 4 nitrogen and oxygen atoms in total. The zero-order chi connectivity index (χ0) is 15.3. The van der Waals surface area contributed by atoms with Crippen LogP contribution in [0.15, 0.2) is 53.4 Å². The standard InChI is InChI=1S/C15H17FN2O2S/c1-2-11-17-13-7-9-15(10-8-13)21(19,20)18-14-5-3-12(16)4-6-14/h3-10,17-18H,2,11H2,1H3. The van der Waals surface area contributed by atoms with Gasteiger partial charge in [-0.1, -0.05) is 6.92 Å². The Morgan fingerprint density at radius 2 is 1.52 bits per heavy atom. The van der Waals surface area contributed by atoms with Crippen molar-refractivity contribution in [3.8, 4) is 0 Å². The van der Waals surface area contributed by atoms with Gasteiger partial charge in [0.15, 0.2) is 0 Å². The maximum atomic E-state index is 12.8. The average Bonchev–Trinajstić information content (AvgIpc) is 2.48. The second-order valence-electron chi connectivity index (χ2n) is 4.56. The van der Waals surface area contributed by atoms with E-state index in [9.17, 15) is 12.8 Å². The first kappa shape index (κ1) is 15.3. The number of anilines is 2. The minimum atomic E-state index is -3.66. The van der Waals surface area contributed by atoms with Gasteiger partial charge in [0.1, 0.15) is 5.82 Å². The molecule has 0 aromatic heterocycles. The Morgan fingerprint density at radius 1 is 0.952 bits per heavy atom. The van der Waals surface area contributed by atoms with Crippen molar-refractivity contribution >= 4 is 21.4 Å². The largest absolute Gasteiger partial charge is 0.385 e. The normalized spacial score (nSPS) is 11.1. The third kappa shape index (κ3) is 4.19. The highest BCUT2D eigenvalue weighted by molar-refractivity contribution is 7.92. The maximum Gasteiger partial charge on any atom is 0.261 e. The van der Waals surface area contributed by atoms with Gasteiger partial charge in [-0.25, -0.2) is 12.8 Å². The van der Waals surface area contributed by atoms with Gasteiger partial charge in [0.25, 0.3) is 10.0 Å². The molecular formula is C15H17FN2O2S. The molecule has 2 aromatic rings. The molecule has 0 radical (unpaired) electrons. The summed E-state index contributed by atoms with van der Waals surface area (Å²) in [5.41, 5.74) is 1.20. The Bertz CT molecular complexity index is 683. The number of rotatable bonds is 6. The number of nitrogens with one attached hydrogen (secondary N) is 2. The number of hydrogen-bond acceptors (Lipinski definition) is 3. The van der Waals surface area contributed by atoms with Gasteiger partial charge in [-0.05, 0) is 55.0 Å². The topological polar surface area (TPSA) is 58.2 Å². The van der Waals surface area contributed by atoms with Gasteiger partial charge in [0, 0.05) is 17.9 Å². The molecule has 0 amide bonds. The van der Waals surface area contributed by atoms with E-state index in [1.54, 1.807) is 12.1 Å². The fraction of sp³-hybridized carbons (Fsp3) is 0.200. The van der Waals surface area contributed by atoms with Crippen molar-refractivity contribution in [2.24, 2.45) is 0 Å². The highest BCUT2D eigenvalue weighted by Crippen LogP contribution is 2.18. The molecule has 0 atom stereocenters. The summed E-state index contributed by atoms with van der Waals surface area (Å²) in [6.45, 7) is 2.89. The van der Waals surface area contributed by atoms with Gasteiger partial charge < -0.3 is 5.32 Å². The van der Waals surface area contributed by atoms with E-state index in [1.807, 2.05) is 0 Å². The Morgan fingerprint density at radius 3 is 2.10 bits per heavy atom. The highest BCUT2D eigenvalue weighted by atomic mass is 32.2. The van der Waals surface area contributed by atoms with E-state index in [1.165, 1.54) is 36.4 Å². The SMILES string of the molecule is CCCNc1ccc(S(=O)(=O)Nc2ccc(F)cc2)cc1. The van der Waals surface area contributed by atoms with Crippen molar-refractivity contribution in [3.05, 3.63) is 54.3 Å². The monoisotopic (exact) mass is 308 g/mol. The van der Waals surface area contributed by atoms with Crippen LogP contribution in [-0.4, -0.2) is 15.0 Å². The van der Waals surface area contributed by atoms with Crippen molar-refractivity contribution in [1.82, 2.24) is 0 Å². The molecule has 0 fully saturated rings. The molecule has 2 rings (SSSR count). The zero-order valence-corrected chi connectivity index (χ0v) is 12.5. The second kappa shape index (κ2) is 6.58. The van der Waals surface area contributed by atoms with Crippen LogP contribution >= 0.6 is 0 Å².